The van der Waals surface area contributed by atoms with Crippen LogP contribution in [0.15, 0.2) is 0 Å². The molecule has 0 saturated carbocycles. The largest absolute Gasteiger partial charge is 0.210 e. The summed E-state index contributed by atoms with van der Waals surface area (Å²) in [7, 11) is 0. The maximum atomic E-state index is 8.51. The molecule has 0 unspecified atom stereocenters. The molecule has 0 rings (SSSR count). The molecule has 0 spiro atoms. The summed E-state index contributed by atoms with van der Waals surface area (Å²) in [6.45, 7) is 0. The lowest BCUT2D eigenvalue weighted by atomic mass is 11.9. The third-order valence-corrected chi connectivity index (χ3v) is 0. The molecule has 0 heterocycles. The SMILES string of the molecule is ClC(Cl)Cl.N=S=O. The van der Waals surface area contributed by atoms with E-state index in [9.17, 15) is 0 Å². The molecule has 0 amide bonds. The first kappa shape index (κ1) is 10.6. The zero-order valence-corrected chi connectivity index (χ0v) is 6.11. The van der Waals surface area contributed by atoms with E-state index in [1.54, 1.807) is 0 Å². The van der Waals surface area contributed by atoms with Gasteiger partial charge in [-0.1, -0.05) is 34.8 Å². The van der Waals surface area contributed by atoms with Gasteiger partial charge in [0.2, 0.25) is 0 Å². The second-order valence-corrected chi connectivity index (χ2v) is 2.48. The average molecular weight is 182 g/mol. The van der Waals surface area contributed by atoms with Crippen molar-refractivity contribution >= 4 is 46.3 Å². The van der Waals surface area contributed by atoms with E-state index in [0.29, 0.717) is 0 Å². The van der Waals surface area contributed by atoms with E-state index in [1.807, 2.05) is 0 Å². The van der Waals surface area contributed by atoms with Crippen molar-refractivity contribution in [1.82, 2.24) is 0 Å². The first-order valence-electron chi connectivity index (χ1n) is 1.03. The Balaban J connectivity index is 0. The van der Waals surface area contributed by atoms with Crippen molar-refractivity contribution in [1.29, 1.82) is 4.78 Å². The van der Waals surface area contributed by atoms with Crippen LogP contribution in [0.3, 0.4) is 0 Å². The monoisotopic (exact) mass is 181 g/mol. The van der Waals surface area contributed by atoms with Gasteiger partial charge in [0.1, 0.15) is 0 Å². The van der Waals surface area contributed by atoms with Gasteiger partial charge >= 0.3 is 0 Å². The van der Waals surface area contributed by atoms with Gasteiger partial charge in [0, 0.05) is 0 Å². The summed E-state index contributed by atoms with van der Waals surface area (Å²) in [4.78, 5) is 0. The molecule has 1 N–H and O–H groups in total. The van der Waals surface area contributed by atoms with Crippen LogP contribution in [0.2, 0.25) is 0 Å². The molecule has 44 valence electrons. The minimum absolute atomic E-state index is 0.250. The first-order valence-corrected chi connectivity index (χ1v) is 3.08. The van der Waals surface area contributed by atoms with E-state index in [0.717, 1.165) is 0 Å². The lowest BCUT2D eigenvalue weighted by Crippen LogP contribution is -1.55. The maximum absolute atomic E-state index is 8.51. The summed E-state index contributed by atoms with van der Waals surface area (Å²) in [5.74, 6) is 0. The van der Waals surface area contributed by atoms with Crippen molar-refractivity contribution in [3.05, 3.63) is 0 Å². The fourth-order valence-electron chi connectivity index (χ4n) is 0. The quantitative estimate of drug-likeness (QED) is 0.572. The van der Waals surface area contributed by atoms with Gasteiger partial charge in [0.15, 0.2) is 15.8 Å². The number of halogens is 3. The van der Waals surface area contributed by atoms with E-state index in [-0.39, 0.29) is 11.5 Å². The number of hydrogen-bond acceptors (Lipinski definition) is 2. The van der Waals surface area contributed by atoms with Gasteiger partial charge in [-0.2, -0.15) is 4.21 Å². The highest BCUT2D eigenvalue weighted by atomic mass is 35.6. The Morgan fingerprint density at radius 1 is 1.43 bits per heavy atom. The topological polar surface area (TPSA) is 40.9 Å². The van der Waals surface area contributed by atoms with E-state index in [1.165, 1.54) is 0 Å². The summed E-state index contributed by atoms with van der Waals surface area (Å²) in [5.41, 5.74) is 0. The van der Waals surface area contributed by atoms with Gasteiger partial charge in [-0.05, 0) is 0 Å². The van der Waals surface area contributed by atoms with Crippen LogP contribution in [0.1, 0.15) is 0 Å². The molecule has 0 aliphatic rings. The van der Waals surface area contributed by atoms with Crippen LogP contribution in [0.4, 0.5) is 0 Å². The molecule has 0 aromatic heterocycles. The Labute approximate surface area is 59.8 Å². The fourth-order valence-corrected chi connectivity index (χ4v) is 0. The smallest absolute Gasteiger partial charge is 0.196 e. The summed E-state index contributed by atoms with van der Waals surface area (Å²) in [6.07, 6.45) is 0. The van der Waals surface area contributed by atoms with Crippen LogP contribution in [0.25, 0.3) is 0 Å². The predicted octanol–water partition coefficient (Wildman–Crippen LogP) is 1.95. The van der Waals surface area contributed by atoms with Gasteiger partial charge in [0.05, 0.1) is 0 Å². The highest BCUT2D eigenvalue weighted by Crippen LogP contribution is 2.03. The first-order chi connectivity index (χ1) is 3.15. The molecule has 0 fully saturated rings. The van der Waals surface area contributed by atoms with Crippen LogP contribution in [0.5, 0.6) is 0 Å². The van der Waals surface area contributed by atoms with Gasteiger partial charge in [-0.15, -0.1) is 0 Å². The maximum Gasteiger partial charge on any atom is 0.196 e. The van der Waals surface area contributed by atoms with Crippen LogP contribution >= 0.6 is 34.8 Å². The standard InChI is InChI=1S/CHCl3.HNOS/c2-1(3)4;1-3-2/h1H;1H. The Bertz CT molecular complexity index is 57.2. The molecule has 0 aromatic rings. The molecule has 6 heteroatoms. The van der Waals surface area contributed by atoms with E-state index >= 15 is 0 Å². The second-order valence-electron chi connectivity index (χ2n) is 0.331. The summed E-state index contributed by atoms with van der Waals surface area (Å²) in [5, 5.41) is 0. The molecular weight excluding hydrogens is 180 g/mol. The van der Waals surface area contributed by atoms with Crippen molar-refractivity contribution in [2.24, 2.45) is 0 Å². The molecule has 0 radical (unpaired) electrons. The van der Waals surface area contributed by atoms with Crippen molar-refractivity contribution < 1.29 is 4.21 Å². The van der Waals surface area contributed by atoms with Gasteiger partial charge < -0.3 is 0 Å². The Hall–Kier alpha value is 0.690. The highest BCUT2D eigenvalue weighted by molar-refractivity contribution is 7.53. The molecule has 7 heavy (non-hydrogen) atoms. The Kier molecular flexibility index (Phi) is 15.0. The minimum Gasteiger partial charge on any atom is -0.210 e. The number of alkyl halides is 3. The van der Waals surface area contributed by atoms with Gasteiger partial charge in [-0.25, -0.2) is 4.78 Å². The van der Waals surface area contributed by atoms with Crippen LogP contribution in [0, 0.1) is 4.78 Å². The molecule has 0 saturated heterocycles. The second kappa shape index (κ2) is 9.85. The fraction of sp³-hybridized carbons (Fsp3) is 1.00. The van der Waals surface area contributed by atoms with Crippen molar-refractivity contribution in [3.63, 3.8) is 0 Å². The molecule has 2 nitrogen and oxygen atoms in total. The van der Waals surface area contributed by atoms with Crippen molar-refractivity contribution in [3.8, 4) is 0 Å². The molecule has 0 aliphatic carbocycles. The molecule has 0 atom stereocenters. The molecular formula is CH2Cl3NOS. The highest BCUT2D eigenvalue weighted by Gasteiger charge is 1.78. The van der Waals surface area contributed by atoms with E-state index in [2.05, 4.69) is 0 Å². The Morgan fingerprint density at radius 3 is 1.43 bits per heavy atom. The van der Waals surface area contributed by atoms with Gasteiger partial charge in [-0.3, -0.25) is 0 Å². The van der Waals surface area contributed by atoms with Crippen LogP contribution in [-0.4, -0.2) is 8.50 Å². The number of nitrogens with one attached hydrogen (secondary N) is 1. The third-order valence-electron chi connectivity index (χ3n) is 0. The third kappa shape index (κ3) is 309. The zero-order chi connectivity index (χ0) is 6.28. The summed E-state index contributed by atoms with van der Waals surface area (Å²) in [6, 6.07) is 0. The predicted molar refractivity (Wildman–Crippen MR) is 32.2 cm³/mol. The summed E-state index contributed by atoms with van der Waals surface area (Å²) >= 11 is 14.2. The van der Waals surface area contributed by atoms with Gasteiger partial charge in [0.25, 0.3) is 0 Å². The average Bonchev–Trinajstić information content (AvgIpc) is 1.33. The summed E-state index contributed by atoms with van der Waals surface area (Å²) < 4.78 is 13.3. The number of hydrogen-bond donors (Lipinski definition) is 1. The Morgan fingerprint density at radius 2 is 1.43 bits per heavy atom. The zero-order valence-electron chi connectivity index (χ0n) is 3.03. The van der Waals surface area contributed by atoms with Crippen LogP contribution < -0.4 is 0 Å². The van der Waals surface area contributed by atoms with E-state index < -0.39 is 4.30 Å². The molecule has 0 aliphatic heterocycles. The van der Waals surface area contributed by atoms with Crippen molar-refractivity contribution in [2.75, 3.05) is 0 Å². The lowest BCUT2D eigenvalue weighted by Gasteiger charge is -1.69. The van der Waals surface area contributed by atoms with E-state index in [4.69, 9.17) is 43.8 Å². The molecule has 0 bridgehead atoms. The van der Waals surface area contributed by atoms with Crippen LogP contribution in [-0.2, 0) is 11.5 Å². The lowest BCUT2D eigenvalue weighted by molar-refractivity contribution is 0.697. The normalized spacial score (nSPS) is 6.86. The molecule has 0 aromatic carbocycles. The van der Waals surface area contributed by atoms with Crippen molar-refractivity contribution in [2.45, 2.75) is 4.30 Å². The minimum atomic E-state index is -0.750. The number of rotatable bonds is 0.